The van der Waals surface area contributed by atoms with Crippen LogP contribution >= 0.6 is 11.3 Å². The van der Waals surface area contributed by atoms with Crippen molar-refractivity contribution in [1.29, 1.82) is 0 Å². The van der Waals surface area contributed by atoms with E-state index in [1.807, 2.05) is 0 Å². The van der Waals surface area contributed by atoms with Gasteiger partial charge in [-0.2, -0.15) is 0 Å². The Hall–Kier alpha value is -2.78. The van der Waals surface area contributed by atoms with Crippen molar-refractivity contribution in [2.45, 2.75) is 31.9 Å². The molecule has 0 radical (unpaired) electrons. The van der Waals surface area contributed by atoms with Crippen LogP contribution in [0.4, 0.5) is 5.13 Å². The number of carbonyl (C=O) groups is 3. The molecule has 1 unspecified atom stereocenters. The first-order valence-electron chi connectivity index (χ1n) is 9.44. The zero-order valence-electron chi connectivity index (χ0n) is 16.0. The summed E-state index contributed by atoms with van der Waals surface area (Å²) in [5.74, 6) is -0.702. The van der Waals surface area contributed by atoms with Crippen molar-refractivity contribution in [2.24, 2.45) is 0 Å². The Kier molecular flexibility index (Phi) is 5.59. The largest absolute Gasteiger partial charge is 0.465 e. The number of esters is 1. The average molecular weight is 415 g/mol. The Morgan fingerprint density at radius 3 is 2.69 bits per heavy atom. The topological polar surface area (TPSA) is 97.8 Å². The zero-order chi connectivity index (χ0) is 20.4. The molecule has 1 saturated heterocycles. The Labute approximate surface area is 171 Å². The van der Waals surface area contributed by atoms with E-state index in [0.29, 0.717) is 42.4 Å². The van der Waals surface area contributed by atoms with Gasteiger partial charge < -0.3 is 14.4 Å². The number of amides is 2. The first-order valence-corrected chi connectivity index (χ1v) is 10.3. The maximum absolute atomic E-state index is 12.8. The molecule has 0 saturated carbocycles. The molecule has 1 N–H and O–H groups in total. The van der Waals surface area contributed by atoms with Crippen LogP contribution < -0.4 is 5.32 Å². The Bertz CT molecular complexity index is 934. The molecule has 8 nitrogen and oxygen atoms in total. The number of aromatic nitrogens is 1. The molecule has 2 aromatic rings. The first-order chi connectivity index (χ1) is 14.0. The summed E-state index contributed by atoms with van der Waals surface area (Å²) >= 11 is 1.39. The Balaban J connectivity index is 1.41. The van der Waals surface area contributed by atoms with E-state index >= 15 is 0 Å². The number of hydrogen-bond acceptors (Lipinski definition) is 7. The average Bonchev–Trinajstić information content (AvgIpc) is 3.41. The number of fused-ring (bicyclic) bond motifs is 1. The van der Waals surface area contributed by atoms with E-state index in [4.69, 9.17) is 4.74 Å². The number of anilines is 1. The van der Waals surface area contributed by atoms with Gasteiger partial charge in [-0.05, 0) is 37.1 Å². The molecule has 4 rings (SSSR count). The lowest BCUT2D eigenvalue weighted by Crippen LogP contribution is -2.35. The number of hydrogen-bond donors (Lipinski definition) is 1. The van der Waals surface area contributed by atoms with Gasteiger partial charge in [-0.1, -0.05) is 11.3 Å². The van der Waals surface area contributed by atoms with E-state index < -0.39 is 12.1 Å². The van der Waals surface area contributed by atoms with Gasteiger partial charge in [-0.25, -0.2) is 9.78 Å². The fraction of sp³-hybridized carbons (Fsp3) is 0.400. The van der Waals surface area contributed by atoms with Crippen LogP contribution in [0.3, 0.4) is 0 Å². The molecule has 0 spiro atoms. The van der Waals surface area contributed by atoms with Crippen molar-refractivity contribution in [2.75, 3.05) is 25.6 Å². The van der Waals surface area contributed by atoms with Crippen LogP contribution in [0, 0.1) is 0 Å². The number of nitrogens with one attached hydrogen (secondary N) is 1. The summed E-state index contributed by atoms with van der Waals surface area (Å²) in [4.78, 5) is 43.8. The highest BCUT2D eigenvalue weighted by Gasteiger charge is 2.28. The summed E-state index contributed by atoms with van der Waals surface area (Å²) in [6.45, 7) is 1.61. The van der Waals surface area contributed by atoms with Gasteiger partial charge in [-0.15, -0.1) is 0 Å². The molecule has 29 heavy (non-hydrogen) atoms. The Morgan fingerprint density at radius 1 is 1.24 bits per heavy atom. The maximum atomic E-state index is 12.8. The Morgan fingerprint density at radius 2 is 2.00 bits per heavy atom. The van der Waals surface area contributed by atoms with Crippen molar-refractivity contribution in [3.8, 4) is 0 Å². The first kappa shape index (κ1) is 19.5. The molecule has 2 aliphatic heterocycles. The molecule has 9 heteroatoms. The van der Waals surface area contributed by atoms with Crippen molar-refractivity contribution in [3.05, 3.63) is 46.0 Å². The SMILES string of the molecule is COC(=O)c1ccc(C(=O)N2CCc3nc(NC(=O)C4CCCO4)sc3C2)cc1. The molecule has 3 heterocycles. The van der Waals surface area contributed by atoms with Gasteiger partial charge in [0.25, 0.3) is 11.8 Å². The molecule has 0 aliphatic carbocycles. The molecule has 2 aliphatic rings. The minimum atomic E-state index is -0.436. The van der Waals surface area contributed by atoms with E-state index in [1.165, 1.54) is 18.4 Å². The van der Waals surface area contributed by atoms with E-state index in [0.717, 1.165) is 23.4 Å². The van der Waals surface area contributed by atoms with Crippen molar-refractivity contribution >= 4 is 34.3 Å². The second kappa shape index (κ2) is 8.30. The zero-order valence-corrected chi connectivity index (χ0v) is 16.8. The monoisotopic (exact) mass is 415 g/mol. The van der Waals surface area contributed by atoms with Crippen LogP contribution in [0.15, 0.2) is 24.3 Å². The number of methoxy groups -OCH3 is 1. The van der Waals surface area contributed by atoms with E-state index in [9.17, 15) is 14.4 Å². The molecule has 0 bridgehead atoms. The second-order valence-electron chi connectivity index (χ2n) is 6.93. The molecule has 1 aromatic heterocycles. The smallest absolute Gasteiger partial charge is 0.337 e. The number of carbonyl (C=O) groups excluding carboxylic acids is 3. The number of thiazole rings is 1. The third kappa shape index (κ3) is 4.15. The summed E-state index contributed by atoms with van der Waals surface area (Å²) in [5, 5.41) is 3.38. The van der Waals surface area contributed by atoms with Crippen molar-refractivity contribution in [3.63, 3.8) is 0 Å². The fourth-order valence-electron chi connectivity index (χ4n) is 3.44. The van der Waals surface area contributed by atoms with E-state index in [1.54, 1.807) is 29.2 Å². The van der Waals surface area contributed by atoms with Gasteiger partial charge in [0.05, 0.1) is 24.9 Å². The summed E-state index contributed by atoms with van der Waals surface area (Å²) in [7, 11) is 1.32. The van der Waals surface area contributed by atoms with Crippen molar-refractivity contribution < 1.29 is 23.9 Å². The van der Waals surface area contributed by atoms with Gasteiger partial charge in [0.2, 0.25) is 0 Å². The number of ether oxygens (including phenoxy) is 2. The van der Waals surface area contributed by atoms with Gasteiger partial charge in [0, 0.05) is 30.0 Å². The number of benzene rings is 1. The van der Waals surface area contributed by atoms with E-state index in [-0.39, 0.29) is 11.8 Å². The third-order valence-electron chi connectivity index (χ3n) is 5.02. The minimum absolute atomic E-state index is 0.106. The highest BCUT2D eigenvalue weighted by atomic mass is 32.1. The standard InChI is InChI=1S/C20H21N3O5S/c1-27-19(26)13-6-4-12(5-7-13)18(25)23-9-8-14-16(11-23)29-20(21-14)22-17(24)15-3-2-10-28-15/h4-7,15H,2-3,8-11H2,1H3,(H,21,22,24). The second-order valence-corrected chi connectivity index (χ2v) is 8.01. The van der Waals surface area contributed by atoms with Crippen LogP contribution in [0.2, 0.25) is 0 Å². The van der Waals surface area contributed by atoms with Gasteiger partial charge >= 0.3 is 5.97 Å². The van der Waals surface area contributed by atoms with Gasteiger partial charge in [0.1, 0.15) is 6.10 Å². The third-order valence-corrected chi connectivity index (χ3v) is 6.02. The quantitative estimate of drug-likeness (QED) is 0.769. The molecule has 2 amide bonds. The van der Waals surface area contributed by atoms with Crippen LogP contribution in [0.5, 0.6) is 0 Å². The predicted molar refractivity (Wildman–Crippen MR) is 106 cm³/mol. The van der Waals surface area contributed by atoms with Crippen LogP contribution in [-0.4, -0.2) is 54.0 Å². The minimum Gasteiger partial charge on any atom is -0.465 e. The lowest BCUT2D eigenvalue weighted by Gasteiger charge is -2.26. The fourth-order valence-corrected chi connectivity index (χ4v) is 4.47. The summed E-state index contributed by atoms with van der Waals surface area (Å²) in [6.07, 6.45) is 1.85. The molecule has 1 fully saturated rings. The van der Waals surface area contributed by atoms with Gasteiger partial charge in [-0.3, -0.25) is 14.9 Å². The van der Waals surface area contributed by atoms with Crippen LogP contribution in [-0.2, 0) is 27.2 Å². The molecule has 1 atom stereocenters. The lowest BCUT2D eigenvalue weighted by atomic mass is 10.1. The highest BCUT2D eigenvalue weighted by Crippen LogP contribution is 2.29. The normalized spacial score (nSPS) is 18.2. The molecular formula is C20H21N3O5S. The lowest BCUT2D eigenvalue weighted by molar-refractivity contribution is -0.124. The summed E-state index contributed by atoms with van der Waals surface area (Å²) in [6, 6.07) is 6.42. The number of nitrogens with zero attached hydrogens (tertiary/aromatic N) is 2. The summed E-state index contributed by atoms with van der Waals surface area (Å²) in [5.41, 5.74) is 1.83. The molecular weight excluding hydrogens is 394 g/mol. The number of rotatable bonds is 4. The highest BCUT2D eigenvalue weighted by molar-refractivity contribution is 7.15. The van der Waals surface area contributed by atoms with Crippen LogP contribution in [0.25, 0.3) is 0 Å². The van der Waals surface area contributed by atoms with Crippen LogP contribution in [0.1, 0.15) is 44.1 Å². The molecule has 1 aromatic carbocycles. The van der Waals surface area contributed by atoms with Gasteiger partial charge in [0.15, 0.2) is 5.13 Å². The van der Waals surface area contributed by atoms with Crippen molar-refractivity contribution in [1.82, 2.24) is 9.88 Å². The maximum Gasteiger partial charge on any atom is 0.337 e. The molecule has 152 valence electrons. The predicted octanol–water partition coefficient (Wildman–Crippen LogP) is 2.25. The van der Waals surface area contributed by atoms with E-state index in [2.05, 4.69) is 15.0 Å². The summed E-state index contributed by atoms with van der Waals surface area (Å²) < 4.78 is 10.1.